The van der Waals surface area contributed by atoms with E-state index < -0.39 is 0 Å². The summed E-state index contributed by atoms with van der Waals surface area (Å²) in [5, 5.41) is 3.60. The van der Waals surface area contributed by atoms with Gasteiger partial charge >= 0.3 is 0 Å². The van der Waals surface area contributed by atoms with Gasteiger partial charge in [0.1, 0.15) is 0 Å². The molecular weight excluding hydrogens is 202 g/mol. The molecule has 15 heavy (non-hydrogen) atoms. The van der Waals surface area contributed by atoms with Crippen molar-refractivity contribution in [3.8, 4) is 0 Å². The zero-order valence-electron chi connectivity index (χ0n) is 10.3. The third-order valence-electron chi connectivity index (χ3n) is 3.16. The van der Waals surface area contributed by atoms with Gasteiger partial charge in [-0.1, -0.05) is 39.0 Å². The second-order valence-electron chi connectivity index (χ2n) is 4.70. The smallest absolute Gasteiger partial charge is 0.00123 e. The molecule has 1 aliphatic rings. The fraction of sp³-hybridized carbons (Fsp3) is 1.00. The number of thioether (sulfide) groups is 1. The zero-order valence-corrected chi connectivity index (χ0v) is 11.1. The molecular formula is C13H27NS. The molecule has 1 atom stereocenters. The van der Waals surface area contributed by atoms with Crippen LogP contribution in [0.3, 0.4) is 0 Å². The topological polar surface area (TPSA) is 12.0 Å². The Morgan fingerprint density at radius 2 is 1.93 bits per heavy atom. The first-order valence-corrected chi connectivity index (χ1v) is 7.87. The Bertz CT molecular complexity index is 132. The predicted molar refractivity (Wildman–Crippen MR) is 71.7 cm³/mol. The van der Waals surface area contributed by atoms with E-state index in [-0.39, 0.29) is 0 Å². The van der Waals surface area contributed by atoms with Gasteiger partial charge in [-0.15, -0.1) is 0 Å². The molecule has 1 N–H and O–H groups in total. The van der Waals surface area contributed by atoms with E-state index in [2.05, 4.69) is 24.0 Å². The van der Waals surface area contributed by atoms with Crippen LogP contribution in [0.25, 0.3) is 0 Å². The lowest BCUT2D eigenvalue weighted by atomic mass is 10.1. The summed E-state index contributed by atoms with van der Waals surface area (Å²) in [6.45, 7) is 4.79. The van der Waals surface area contributed by atoms with Gasteiger partial charge in [0.15, 0.2) is 0 Å². The summed E-state index contributed by atoms with van der Waals surface area (Å²) in [6, 6.07) is 0. The number of unbranched alkanes of at least 4 members (excludes halogenated alkanes) is 5. The summed E-state index contributed by atoms with van der Waals surface area (Å²) in [5.41, 5.74) is 0. The van der Waals surface area contributed by atoms with Crippen molar-refractivity contribution in [3.63, 3.8) is 0 Å². The molecule has 90 valence electrons. The highest BCUT2D eigenvalue weighted by Crippen LogP contribution is 2.22. The maximum Gasteiger partial charge on any atom is -0.00123 e. The predicted octanol–water partition coefficient (Wildman–Crippen LogP) is 3.69. The van der Waals surface area contributed by atoms with Gasteiger partial charge in [0.05, 0.1) is 0 Å². The second-order valence-corrected chi connectivity index (χ2v) is 5.85. The molecule has 1 nitrogen and oxygen atoms in total. The molecule has 0 aromatic rings. The van der Waals surface area contributed by atoms with Crippen LogP contribution in [0, 0.1) is 5.92 Å². The molecule has 1 heterocycles. The quantitative estimate of drug-likeness (QED) is 0.605. The first kappa shape index (κ1) is 13.4. The van der Waals surface area contributed by atoms with Crippen molar-refractivity contribution >= 4 is 11.8 Å². The molecule has 0 aliphatic carbocycles. The third-order valence-corrected chi connectivity index (χ3v) is 4.40. The highest BCUT2D eigenvalue weighted by atomic mass is 32.2. The van der Waals surface area contributed by atoms with Crippen LogP contribution in [0.4, 0.5) is 0 Å². The van der Waals surface area contributed by atoms with Gasteiger partial charge in [0.2, 0.25) is 0 Å². The largest absolute Gasteiger partial charge is 0.316 e. The number of hydrogen-bond acceptors (Lipinski definition) is 2. The van der Waals surface area contributed by atoms with E-state index >= 15 is 0 Å². The summed E-state index contributed by atoms with van der Waals surface area (Å²) in [4.78, 5) is 0. The van der Waals surface area contributed by atoms with Crippen LogP contribution in [-0.4, -0.2) is 24.6 Å². The summed E-state index contributed by atoms with van der Waals surface area (Å²) in [7, 11) is 0. The molecule has 0 radical (unpaired) electrons. The second kappa shape index (κ2) is 9.53. The fourth-order valence-electron chi connectivity index (χ4n) is 2.08. The monoisotopic (exact) mass is 229 g/mol. The van der Waals surface area contributed by atoms with E-state index in [0.717, 1.165) is 5.92 Å². The Balaban J connectivity index is 1.73. The molecule has 1 unspecified atom stereocenters. The number of nitrogens with one attached hydrogen (secondary N) is 1. The molecule has 2 heteroatoms. The molecule has 0 amide bonds. The normalized spacial score (nSPS) is 21.0. The minimum Gasteiger partial charge on any atom is -0.316 e. The Hall–Kier alpha value is 0.310. The van der Waals surface area contributed by atoms with E-state index in [9.17, 15) is 0 Å². The van der Waals surface area contributed by atoms with E-state index in [0.29, 0.717) is 0 Å². The van der Waals surface area contributed by atoms with Crippen LogP contribution >= 0.6 is 11.8 Å². The Kier molecular flexibility index (Phi) is 8.50. The van der Waals surface area contributed by atoms with E-state index in [1.165, 1.54) is 69.5 Å². The Morgan fingerprint density at radius 3 is 2.67 bits per heavy atom. The molecule has 1 saturated heterocycles. The molecule has 1 aliphatic heterocycles. The molecule has 0 aromatic heterocycles. The van der Waals surface area contributed by atoms with Crippen LogP contribution < -0.4 is 5.32 Å². The van der Waals surface area contributed by atoms with Crippen LogP contribution in [0.15, 0.2) is 0 Å². The highest BCUT2D eigenvalue weighted by Gasteiger charge is 2.13. The first-order chi connectivity index (χ1) is 7.43. The minimum atomic E-state index is 0.968. The van der Waals surface area contributed by atoms with Crippen LogP contribution in [0.1, 0.15) is 51.9 Å². The lowest BCUT2D eigenvalue weighted by Crippen LogP contribution is -2.23. The average molecular weight is 229 g/mol. The van der Waals surface area contributed by atoms with E-state index in [4.69, 9.17) is 0 Å². The van der Waals surface area contributed by atoms with Crippen molar-refractivity contribution < 1.29 is 0 Å². The van der Waals surface area contributed by atoms with Gasteiger partial charge in [-0.25, -0.2) is 0 Å². The highest BCUT2D eigenvalue weighted by molar-refractivity contribution is 7.99. The standard InChI is InChI=1S/C13H27NS/c1-2-3-4-5-6-7-9-14-11-13-8-10-15-12-13/h13-14H,2-12H2,1H3. The van der Waals surface area contributed by atoms with Crippen molar-refractivity contribution in [2.24, 2.45) is 5.92 Å². The van der Waals surface area contributed by atoms with Crippen molar-refractivity contribution in [3.05, 3.63) is 0 Å². The zero-order chi connectivity index (χ0) is 10.8. The maximum absolute atomic E-state index is 3.60. The van der Waals surface area contributed by atoms with Gasteiger partial charge in [-0.2, -0.15) is 11.8 Å². The minimum absolute atomic E-state index is 0.968. The Morgan fingerprint density at radius 1 is 1.13 bits per heavy atom. The van der Waals surface area contributed by atoms with Gasteiger partial charge in [0.25, 0.3) is 0 Å². The summed E-state index contributed by atoms with van der Waals surface area (Å²) >= 11 is 2.12. The fourth-order valence-corrected chi connectivity index (χ4v) is 3.37. The van der Waals surface area contributed by atoms with Gasteiger partial charge in [0, 0.05) is 0 Å². The lowest BCUT2D eigenvalue weighted by molar-refractivity contribution is 0.503. The van der Waals surface area contributed by atoms with Crippen LogP contribution in [-0.2, 0) is 0 Å². The van der Waals surface area contributed by atoms with Crippen molar-refractivity contribution in [1.82, 2.24) is 5.32 Å². The Labute approximate surface area is 99.8 Å². The molecule has 0 spiro atoms. The summed E-state index contributed by atoms with van der Waals surface area (Å²) in [5.74, 6) is 3.75. The van der Waals surface area contributed by atoms with Crippen LogP contribution in [0.5, 0.6) is 0 Å². The lowest BCUT2D eigenvalue weighted by Gasteiger charge is -2.09. The summed E-state index contributed by atoms with van der Waals surface area (Å²) in [6.07, 6.45) is 9.90. The van der Waals surface area contributed by atoms with Crippen LogP contribution in [0.2, 0.25) is 0 Å². The number of rotatable bonds is 9. The average Bonchev–Trinajstić information content (AvgIpc) is 2.75. The van der Waals surface area contributed by atoms with E-state index in [1.54, 1.807) is 0 Å². The van der Waals surface area contributed by atoms with Gasteiger partial charge < -0.3 is 5.32 Å². The molecule has 0 aromatic carbocycles. The first-order valence-electron chi connectivity index (χ1n) is 6.72. The van der Waals surface area contributed by atoms with Gasteiger partial charge in [-0.3, -0.25) is 0 Å². The van der Waals surface area contributed by atoms with E-state index in [1.807, 2.05) is 0 Å². The third kappa shape index (κ3) is 7.24. The number of hydrogen-bond donors (Lipinski definition) is 1. The molecule has 0 bridgehead atoms. The van der Waals surface area contributed by atoms with Gasteiger partial charge in [-0.05, 0) is 43.4 Å². The van der Waals surface area contributed by atoms with Crippen molar-refractivity contribution in [1.29, 1.82) is 0 Å². The summed E-state index contributed by atoms with van der Waals surface area (Å²) < 4.78 is 0. The molecule has 0 saturated carbocycles. The molecule has 1 fully saturated rings. The van der Waals surface area contributed by atoms with Crippen molar-refractivity contribution in [2.45, 2.75) is 51.9 Å². The maximum atomic E-state index is 3.60. The molecule has 1 rings (SSSR count). The van der Waals surface area contributed by atoms with Crippen molar-refractivity contribution in [2.75, 3.05) is 24.6 Å². The SMILES string of the molecule is CCCCCCCCNCC1CCSC1.